The van der Waals surface area contributed by atoms with Gasteiger partial charge in [-0.05, 0) is 35.9 Å². The van der Waals surface area contributed by atoms with Crippen LogP contribution in [0, 0.1) is 5.82 Å². The van der Waals surface area contributed by atoms with Gasteiger partial charge in [0.15, 0.2) is 0 Å². The third-order valence-corrected chi connectivity index (χ3v) is 3.74. The Labute approximate surface area is 142 Å². The number of aromatic nitrogens is 2. The van der Waals surface area contributed by atoms with Crippen LogP contribution in [0.15, 0.2) is 53.3 Å². The Morgan fingerprint density at radius 3 is 2.56 bits per heavy atom. The zero-order valence-electron chi connectivity index (χ0n) is 13.2. The summed E-state index contributed by atoms with van der Waals surface area (Å²) in [4.78, 5) is 28.0. The summed E-state index contributed by atoms with van der Waals surface area (Å²) < 4.78 is 14.3. The largest absolute Gasteiger partial charge is 0.481 e. The standard InChI is InChI=1S/C19H15FN2O3/c20-14-8-5-13(6-9-14)7-10-17-21-16-4-2-1-3-15(16)19(25)22(17)12-11-18(23)24/h1-10H,11-12H2,(H,23,24). The van der Waals surface area contributed by atoms with Crippen LogP contribution in [0.1, 0.15) is 17.8 Å². The van der Waals surface area contributed by atoms with Crippen molar-refractivity contribution in [3.05, 3.63) is 76.1 Å². The number of rotatable bonds is 5. The van der Waals surface area contributed by atoms with E-state index in [4.69, 9.17) is 5.11 Å². The number of hydrogen-bond donors (Lipinski definition) is 1. The Bertz CT molecular complexity index is 1010. The van der Waals surface area contributed by atoms with Gasteiger partial charge in [0.1, 0.15) is 11.6 Å². The van der Waals surface area contributed by atoms with Crippen LogP contribution in [0.5, 0.6) is 0 Å². The SMILES string of the molecule is O=C(O)CCn1c(C=Cc2ccc(F)cc2)nc2ccccc2c1=O. The molecule has 0 saturated carbocycles. The number of halogens is 1. The molecule has 0 amide bonds. The fourth-order valence-electron chi connectivity index (χ4n) is 2.48. The van der Waals surface area contributed by atoms with Gasteiger partial charge in [-0.2, -0.15) is 0 Å². The highest BCUT2D eigenvalue weighted by molar-refractivity contribution is 5.79. The number of aliphatic carboxylic acids is 1. The molecule has 25 heavy (non-hydrogen) atoms. The number of benzene rings is 2. The number of carboxylic acid groups (broad SMARTS) is 1. The van der Waals surface area contributed by atoms with Gasteiger partial charge in [0.05, 0.1) is 17.3 Å². The highest BCUT2D eigenvalue weighted by Gasteiger charge is 2.10. The van der Waals surface area contributed by atoms with Gasteiger partial charge in [-0.3, -0.25) is 14.2 Å². The van der Waals surface area contributed by atoms with Gasteiger partial charge in [0, 0.05) is 6.54 Å². The van der Waals surface area contributed by atoms with Gasteiger partial charge in [0.2, 0.25) is 0 Å². The van der Waals surface area contributed by atoms with Crippen LogP contribution >= 0.6 is 0 Å². The Morgan fingerprint density at radius 1 is 1.12 bits per heavy atom. The van der Waals surface area contributed by atoms with Gasteiger partial charge >= 0.3 is 5.97 Å². The predicted molar refractivity (Wildman–Crippen MR) is 93.6 cm³/mol. The summed E-state index contributed by atoms with van der Waals surface area (Å²) in [6.07, 6.45) is 3.15. The van der Waals surface area contributed by atoms with Crippen LogP contribution in [-0.4, -0.2) is 20.6 Å². The molecule has 1 N–H and O–H groups in total. The van der Waals surface area contributed by atoms with Gasteiger partial charge in [0.25, 0.3) is 5.56 Å². The number of nitrogens with zero attached hydrogens (tertiary/aromatic N) is 2. The normalized spacial score (nSPS) is 11.2. The number of carbonyl (C=O) groups is 1. The Morgan fingerprint density at radius 2 is 1.84 bits per heavy atom. The van der Waals surface area contributed by atoms with Gasteiger partial charge in [-0.25, -0.2) is 9.37 Å². The van der Waals surface area contributed by atoms with Crippen LogP contribution in [0.2, 0.25) is 0 Å². The van der Waals surface area contributed by atoms with Crippen molar-refractivity contribution >= 4 is 29.0 Å². The lowest BCUT2D eigenvalue weighted by Gasteiger charge is -2.10. The lowest BCUT2D eigenvalue weighted by Crippen LogP contribution is -2.25. The molecule has 3 rings (SSSR count). The molecule has 0 aliphatic rings. The van der Waals surface area contributed by atoms with Crippen molar-refractivity contribution in [2.45, 2.75) is 13.0 Å². The van der Waals surface area contributed by atoms with E-state index >= 15 is 0 Å². The zero-order valence-corrected chi connectivity index (χ0v) is 13.2. The summed E-state index contributed by atoms with van der Waals surface area (Å²) in [7, 11) is 0. The minimum atomic E-state index is -0.992. The quantitative estimate of drug-likeness (QED) is 0.775. The molecule has 1 heterocycles. The monoisotopic (exact) mass is 338 g/mol. The smallest absolute Gasteiger partial charge is 0.305 e. The molecule has 5 nitrogen and oxygen atoms in total. The molecular formula is C19H15FN2O3. The number of carboxylic acids is 1. The van der Waals surface area contributed by atoms with Crippen molar-refractivity contribution in [2.24, 2.45) is 0 Å². The van der Waals surface area contributed by atoms with E-state index in [1.165, 1.54) is 16.7 Å². The van der Waals surface area contributed by atoms with Gasteiger partial charge in [-0.1, -0.05) is 30.3 Å². The molecule has 1 aromatic heterocycles. The third kappa shape index (κ3) is 3.80. The molecule has 0 aliphatic carbocycles. The minimum Gasteiger partial charge on any atom is -0.481 e. The summed E-state index contributed by atoms with van der Waals surface area (Å²) >= 11 is 0. The average molecular weight is 338 g/mol. The zero-order chi connectivity index (χ0) is 17.8. The maximum absolute atomic E-state index is 13.0. The van der Waals surface area contributed by atoms with Crippen molar-refractivity contribution in [2.75, 3.05) is 0 Å². The highest BCUT2D eigenvalue weighted by atomic mass is 19.1. The summed E-state index contributed by atoms with van der Waals surface area (Å²) in [6, 6.07) is 12.8. The second-order valence-electron chi connectivity index (χ2n) is 5.47. The van der Waals surface area contributed by atoms with Gasteiger partial charge < -0.3 is 5.11 Å². The van der Waals surface area contributed by atoms with E-state index in [2.05, 4.69) is 4.98 Å². The molecule has 6 heteroatoms. The van der Waals surface area contributed by atoms with E-state index in [0.717, 1.165) is 5.56 Å². The van der Waals surface area contributed by atoms with E-state index < -0.39 is 5.97 Å². The second-order valence-corrected chi connectivity index (χ2v) is 5.47. The van der Waals surface area contributed by atoms with E-state index in [1.54, 1.807) is 48.6 Å². The predicted octanol–water partition coefficient (Wildman–Crippen LogP) is 3.18. The first-order chi connectivity index (χ1) is 12.0. The van der Waals surface area contributed by atoms with Crippen molar-refractivity contribution in [1.29, 1.82) is 0 Å². The fraction of sp³-hybridized carbons (Fsp3) is 0.105. The summed E-state index contributed by atoms with van der Waals surface area (Å²) in [6.45, 7) is 0.0229. The summed E-state index contributed by atoms with van der Waals surface area (Å²) in [5.74, 6) is -0.970. The number of fused-ring (bicyclic) bond motifs is 1. The first kappa shape index (κ1) is 16.6. The second kappa shape index (κ2) is 7.09. The van der Waals surface area contributed by atoms with Crippen molar-refractivity contribution in [3.8, 4) is 0 Å². The molecule has 0 atom stereocenters. The number of para-hydroxylation sites is 1. The molecule has 0 spiro atoms. The van der Waals surface area contributed by atoms with Crippen LogP contribution < -0.4 is 5.56 Å². The molecule has 0 aliphatic heterocycles. The molecule has 0 bridgehead atoms. The van der Waals surface area contributed by atoms with E-state index in [1.807, 2.05) is 0 Å². The maximum atomic E-state index is 13.0. The Balaban J connectivity index is 2.07. The summed E-state index contributed by atoms with van der Waals surface area (Å²) in [5, 5.41) is 9.35. The highest BCUT2D eigenvalue weighted by Crippen LogP contribution is 2.12. The summed E-state index contributed by atoms with van der Waals surface area (Å²) in [5.41, 5.74) is 0.997. The lowest BCUT2D eigenvalue weighted by molar-refractivity contribution is -0.137. The van der Waals surface area contributed by atoms with Crippen molar-refractivity contribution in [3.63, 3.8) is 0 Å². The first-order valence-corrected chi connectivity index (χ1v) is 7.69. The topological polar surface area (TPSA) is 72.2 Å². The lowest BCUT2D eigenvalue weighted by atomic mass is 10.2. The van der Waals surface area contributed by atoms with Crippen LogP contribution in [0.4, 0.5) is 4.39 Å². The average Bonchev–Trinajstić information content (AvgIpc) is 2.60. The molecule has 0 radical (unpaired) electrons. The van der Waals surface area contributed by atoms with E-state index in [9.17, 15) is 14.0 Å². The fourth-order valence-corrected chi connectivity index (χ4v) is 2.48. The molecule has 0 unspecified atom stereocenters. The van der Waals surface area contributed by atoms with E-state index in [-0.39, 0.29) is 24.3 Å². The van der Waals surface area contributed by atoms with Crippen LogP contribution in [0.25, 0.3) is 23.1 Å². The molecule has 0 saturated heterocycles. The van der Waals surface area contributed by atoms with Crippen molar-refractivity contribution < 1.29 is 14.3 Å². The maximum Gasteiger partial charge on any atom is 0.305 e. The van der Waals surface area contributed by atoms with Crippen molar-refractivity contribution in [1.82, 2.24) is 9.55 Å². The first-order valence-electron chi connectivity index (χ1n) is 7.69. The third-order valence-electron chi connectivity index (χ3n) is 3.74. The molecule has 0 fully saturated rings. The minimum absolute atomic E-state index is 0.0229. The molecule has 2 aromatic carbocycles. The Hall–Kier alpha value is -3.28. The molecular weight excluding hydrogens is 323 g/mol. The van der Waals surface area contributed by atoms with E-state index in [0.29, 0.717) is 16.7 Å². The number of hydrogen-bond acceptors (Lipinski definition) is 3. The van der Waals surface area contributed by atoms with Gasteiger partial charge in [-0.15, -0.1) is 0 Å². The van der Waals surface area contributed by atoms with Crippen LogP contribution in [0.3, 0.4) is 0 Å². The Kier molecular flexibility index (Phi) is 4.70. The molecule has 126 valence electrons. The molecule has 3 aromatic rings. The van der Waals surface area contributed by atoms with Crippen LogP contribution in [-0.2, 0) is 11.3 Å².